The van der Waals surface area contributed by atoms with Gasteiger partial charge in [0.05, 0.1) is 24.9 Å². The molecule has 0 spiro atoms. The first kappa shape index (κ1) is 42.1. The molecule has 312 valence electrons. The van der Waals surface area contributed by atoms with Gasteiger partial charge in [0, 0.05) is 47.1 Å². The van der Waals surface area contributed by atoms with Crippen LogP contribution in [-0.2, 0) is 18.9 Å². The number of benzene rings is 3. The Morgan fingerprint density at radius 3 is 2.41 bits per heavy atom. The topological polar surface area (TPSA) is 145 Å². The second-order valence-electron chi connectivity index (χ2n) is 16.8. The van der Waals surface area contributed by atoms with Crippen molar-refractivity contribution in [3.63, 3.8) is 0 Å². The molecule has 59 heavy (non-hydrogen) atoms. The van der Waals surface area contributed by atoms with Gasteiger partial charge in [-0.15, -0.1) is 6.58 Å². The van der Waals surface area contributed by atoms with Crippen molar-refractivity contribution in [1.82, 2.24) is 20.5 Å². The Balaban J connectivity index is 1.22. The summed E-state index contributed by atoms with van der Waals surface area (Å²) in [5, 5.41) is 5.77. The lowest BCUT2D eigenvalue weighted by molar-refractivity contribution is -0.142. The van der Waals surface area contributed by atoms with Crippen molar-refractivity contribution in [3.05, 3.63) is 96.5 Å². The van der Waals surface area contributed by atoms with Gasteiger partial charge in [-0.3, -0.25) is 14.2 Å². The summed E-state index contributed by atoms with van der Waals surface area (Å²) in [4.78, 5) is 49.3. The molecule has 0 radical (unpaired) electrons. The largest absolute Gasteiger partial charge is 0.497 e. The normalized spacial score (nSPS) is 23.2. The highest BCUT2D eigenvalue weighted by Crippen LogP contribution is 2.70. The number of ether oxygens (including phenoxy) is 3. The van der Waals surface area contributed by atoms with Gasteiger partial charge in [-0.25, -0.2) is 9.78 Å². The zero-order valence-electron chi connectivity index (χ0n) is 34.1. The van der Waals surface area contributed by atoms with Crippen molar-refractivity contribution < 1.29 is 37.7 Å². The van der Waals surface area contributed by atoms with Crippen molar-refractivity contribution in [2.75, 3.05) is 20.3 Å². The Bertz CT molecular complexity index is 2280. The third-order valence-electron chi connectivity index (χ3n) is 11.6. The second kappa shape index (κ2) is 16.9. The minimum atomic E-state index is -3.64. The van der Waals surface area contributed by atoms with Crippen LogP contribution in [0.1, 0.15) is 59.3 Å². The first-order valence-electron chi connectivity index (χ1n) is 20.1. The molecule has 2 aliphatic carbocycles. The number of nitrogens with one attached hydrogen (secondary N) is 2. The number of hydrogen-bond donors (Lipinski definition) is 2. The second-order valence-corrected chi connectivity index (χ2v) is 20.0. The predicted molar refractivity (Wildman–Crippen MR) is 228 cm³/mol. The molecule has 3 aliphatic rings. The van der Waals surface area contributed by atoms with Gasteiger partial charge in [0.1, 0.15) is 46.8 Å². The monoisotopic (exact) mass is 842 g/mol. The molecule has 3 aromatic carbocycles. The summed E-state index contributed by atoms with van der Waals surface area (Å²) >= 11 is 6.22. The van der Waals surface area contributed by atoms with E-state index in [9.17, 15) is 18.9 Å². The van der Waals surface area contributed by atoms with E-state index in [4.69, 9.17) is 35.3 Å². The van der Waals surface area contributed by atoms with E-state index >= 15 is 0 Å². The van der Waals surface area contributed by atoms with Crippen molar-refractivity contribution in [2.45, 2.75) is 88.9 Å². The molecule has 7 rings (SSSR count). The number of alkyl carbamates (subject to hydrolysis) is 1. The highest BCUT2D eigenvalue weighted by Gasteiger charge is 2.66. The maximum Gasteiger partial charge on any atom is 0.408 e. The lowest BCUT2D eigenvalue weighted by atomic mass is 9.85. The van der Waals surface area contributed by atoms with Gasteiger partial charge in [0.25, 0.3) is 7.37 Å². The van der Waals surface area contributed by atoms with E-state index in [1.807, 2.05) is 75.4 Å². The number of halogens is 1. The summed E-state index contributed by atoms with van der Waals surface area (Å²) in [6, 6.07) is 21.6. The van der Waals surface area contributed by atoms with Gasteiger partial charge in [-0.2, -0.15) is 0 Å². The van der Waals surface area contributed by atoms with Crippen LogP contribution in [0.4, 0.5) is 4.79 Å². The molecular weight excluding hydrogens is 791 g/mol. The van der Waals surface area contributed by atoms with E-state index in [1.165, 1.54) is 11.6 Å². The summed E-state index contributed by atoms with van der Waals surface area (Å²) in [6.07, 6.45) is 4.01. The standard InChI is InChI=1S/C45H52ClN4O8P/c1-7-29-26-45(29,59(6,54)58-33-19-13-16-30(46)22-33)49-41(51)38-24-34(27-50(38)42(52)40(44(2,3)4)48-43(53)57-31-17-11-12-18-31)56-39-25-36(28-14-9-8-10-15-28)47-37-23-32(55-5)20-21-35(37)39/h7-10,13-16,19-23,25,29,31,34,38,40H,1,11-12,17-18,24,26-27H2,2-6H3,(H,48,53)(H,49,51)/t29-,34-,38+,40?,45+,59?/m1/s1. The summed E-state index contributed by atoms with van der Waals surface area (Å²) < 4.78 is 38.6. The number of methoxy groups -OCH3 is 1. The summed E-state index contributed by atoms with van der Waals surface area (Å²) in [5.41, 5.74) is 1.42. The van der Waals surface area contributed by atoms with E-state index in [-0.39, 0.29) is 25.0 Å². The third kappa shape index (κ3) is 9.09. The Morgan fingerprint density at radius 2 is 1.75 bits per heavy atom. The number of likely N-dealkylation sites (tertiary alicyclic amines) is 1. The fourth-order valence-electron chi connectivity index (χ4n) is 8.21. The van der Waals surface area contributed by atoms with Crippen LogP contribution < -0.4 is 24.6 Å². The van der Waals surface area contributed by atoms with Gasteiger partial charge < -0.3 is 34.3 Å². The van der Waals surface area contributed by atoms with Crippen LogP contribution >= 0.6 is 19.0 Å². The van der Waals surface area contributed by atoms with Crippen LogP contribution in [0.3, 0.4) is 0 Å². The Hall–Kier alpha value is -5.06. The zero-order chi connectivity index (χ0) is 42.1. The maximum atomic E-state index is 14.9. The fourth-order valence-corrected chi connectivity index (χ4v) is 10.6. The molecule has 1 aliphatic heterocycles. The number of carbonyl (C=O) groups excluding carboxylic acids is 3. The average molecular weight is 843 g/mol. The molecule has 0 bridgehead atoms. The minimum Gasteiger partial charge on any atom is -0.497 e. The molecule has 12 nitrogen and oxygen atoms in total. The Labute approximate surface area is 350 Å². The quantitative estimate of drug-likeness (QED) is 0.0995. The molecule has 4 aromatic rings. The van der Waals surface area contributed by atoms with Gasteiger partial charge in [0.2, 0.25) is 11.8 Å². The van der Waals surface area contributed by atoms with E-state index < -0.39 is 54.2 Å². The average Bonchev–Trinajstić information content (AvgIpc) is 3.45. The molecular formula is C45H52ClN4O8P. The molecule has 2 saturated carbocycles. The lowest BCUT2D eigenvalue weighted by Crippen LogP contribution is -2.58. The molecule has 14 heteroatoms. The molecule has 3 amide bonds. The van der Waals surface area contributed by atoms with Crippen LogP contribution in [0.25, 0.3) is 22.2 Å². The molecule has 3 fully saturated rings. The van der Waals surface area contributed by atoms with Crippen LogP contribution in [-0.4, -0.2) is 77.7 Å². The summed E-state index contributed by atoms with van der Waals surface area (Å²) in [5.74, 6) is 0.0898. The number of pyridine rings is 1. The smallest absolute Gasteiger partial charge is 0.408 e. The Kier molecular flexibility index (Phi) is 12.0. The molecule has 2 N–H and O–H groups in total. The molecule has 1 saturated heterocycles. The van der Waals surface area contributed by atoms with Crippen LogP contribution in [0, 0.1) is 11.3 Å². The number of fused-ring (bicyclic) bond motifs is 1. The van der Waals surface area contributed by atoms with Gasteiger partial charge in [-0.05, 0) is 67.9 Å². The van der Waals surface area contributed by atoms with E-state index in [0.29, 0.717) is 39.9 Å². The zero-order valence-corrected chi connectivity index (χ0v) is 35.8. The number of amides is 3. The van der Waals surface area contributed by atoms with E-state index in [2.05, 4.69) is 17.2 Å². The lowest BCUT2D eigenvalue weighted by Gasteiger charge is -2.36. The van der Waals surface area contributed by atoms with Crippen molar-refractivity contribution >= 4 is 47.8 Å². The van der Waals surface area contributed by atoms with Gasteiger partial charge >= 0.3 is 6.09 Å². The molecule has 2 unspecified atom stereocenters. The first-order chi connectivity index (χ1) is 28.1. The summed E-state index contributed by atoms with van der Waals surface area (Å²) in [6.45, 7) is 11.0. The SMILES string of the molecule is C=C[C@@H]1C[C@]1(NC(=O)[C@@H]1C[C@@H](Oc2cc(-c3ccccc3)nc3cc(OC)ccc23)CN1C(=O)C(NC(=O)OC1CCCC1)C(C)(C)C)P(C)(=O)Oc1cccc(Cl)c1. The van der Waals surface area contributed by atoms with Gasteiger partial charge in [0.15, 0.2) is 0 Å². The van der Waals surface area contributed by atoms with Crippen molar-refractivity contribution in [2.24, 2.45) is 11.3 Å². The van der Waals surface area contributed by atoms with E-state index in [1.54, 1.807) is 37.5 Å². The first-order valence-corrected chi connectivity index (χ1v) is 22.5. The summed E-state index contributed by atoms with van der Waals surface area (Å²) in [7, 11) is -2.05. The number of aromatic nitrogens is 1. The van der Waals surface area contributed by atoms with Gasteiger partial charge in [-0.1, -0.05) is 74.8 Å². The third-order valence-corrected chi connectivity index (χ3v) is 14.4. The number of rotatable bonds is 13. The predicted octanol–water partition coefficient (Wildman–Crippen LogP) is 9.00. The number of carbonyl (C=O) groups is 3. The van der Waals surface area contributed by atoms with Crippen LogP contribution in [0.15, 0.2) is 91.5 Å². The molecule has 2 heterocycles. The van der Waals surface area contributed by atoms with Crippen molar-refractivity contribution in [3.8, 4) is 28.5 Å². The fraction of sp³-hybridized carbons (Fsp3) is 0.422. The van der Waals surface area contributed by atoms with Crippen molar-refractivity contribution in [1.29, 1.82) is 0 Å². The molecule has 1 aromatic heterocycles. The van der Waals surface area contributed by atoms with Crippen LogP contribution in [0.2, 0.25) is 5.02 Å². The number of hydrogen-bond acceptors (Lipinski definition) is 9. The van der Waals surface area contributed by atoms with Crippen LogP contribution in [0.5, 0.6) is 17.2 Å². The Morgan fingerprint density at radius 1 is 1.00 bits per heavy atom. The number of nitrogens with zero attached hydrogens (tertiary/aromatic N) is 2. The maximum absolute atomic E-state index is 14.9. The van der Waals surface area contributed by atoms with E-state index in [0.717, 1.165) is 36.6 Å². The highest BCUT2D eigenvalue weighted by atomic mass is 35.5. The molecule has 6 atom stereocenters. The minimum absolute atomic E-state index is 0.0180. The highest BCUT2D eigenvalue weighted by molar-refractivity contribution is 7.60.